The number of hydrogen-bond acceptors (Lipinski definition) is 8. The highest BCUT2D eigenvalue weighted by molar-refractivity contribution is 6.30. The van der Waals surface area contributed by atoms with Gasteiger partial charge in [-0.15, -0.1) is 0 Å². The molecule has 0 saturated carbocycles. The van der Waals surface area contributed by atoms with Crippen molar-refractivity contribution in [3.8, 4) is 0 Å². The molecule has 0 radical (unpaired) electrons. The summed E-state index contributed by atoms with van der Waals surface area (Å²) < 4.78 is 19.3. The Morgan fingerprint density at radius 1 is 1.19 bits per heavy atom. The molecule has 1 aliphatic carbocycles. The molecule has 280 valence electrons. The van der Waals surface area contributed by atoms with E-state index in [0.29, 0.717) is 42.1 Å². The summed E-state index contributed by atoms with van der Waals surface area (Å²) in [5.74, 6) is 0.0969. The summed E-state index contributed by atoms with van der Waals surface area (Å²) in [5.41, 5.74) is 7.29. The smallest absolute Gasteiger partial charge is 0.207 e. The van der Waals surface area contributed by atoms with Crippen molar-refractivity contribution in [3.05, 3.63) is 118 Å². The molecule has 1 amide bonds. The van der Waals surface area contributed by atoms with E-state index >= 15 is 0 Å². The molecule has 2 aromatic rings. The van der Waals surface area contributed by atoms with Crippen LogP contribution in [0.2, 0.25) is 5.02 Å². The average molecular weight is 733 g/mol. The van der Waals surface area contributed by atoms with Crippen LogP contribution in [0.4, 0.5) is 15.8 Å². The number of aliphatic hydroxyl groups is 1. The van der Waals surface area contributed by atoms with E-state index in [-0.39, 0.29) is 5.82 Å². The molecule has 2 aromatic carbocycles. The number of methoxy groups -OCH3 is 1. The first-order chi connectivity index (χ1) is 25.3. The van der Waals surface area contributed by atoms with Gasteiger partial charge in [0.15, 0.2) is 0 Å². The number of fused-ring (bicyclic) bond motifs is 1. The molecule has 1 fully saturated rings. The first-order valence-corrected chi connectivity index (χ1v) is 18.0. The summed E-state index contributed by atoms with van der Waals surface area (Å²) >= 11 is 5.83. The minimum absolute atomic E-state index is 0.282. The average Bonchev–Trinajstić information content (AvgIpc) is 3.64. The van der Waals surface area contributed by atoms with E-state index < -0.39 is 0 Å². The number of ether oxygens (including phenoxy) is 1. The summed E-state index contributed by atoms with van der Waals surface area (Å²) in [6.45, 7) is 15.6. The predicted octanol–water partition coefficient (Wildman–Crippen LogP) is 6.75. The van der Waals surface area contributed by atoms with Gasteiger partial charge in [-0.2, -0.15) is 0 Å². The molecule has 2 heterocycles. The van der Waals surface area contributed by atoms with E-state index in [9.17, 15) is 9.18 Å². The molecule has 52 heavy (non-hydrogen) atoms. The molecule has 5 rings (SSSR count). The number of allylic oxidation sites excluding steroid dienone is 4. The number of benzene rings is 2. The number of aryl methyl sites for hydroxylation is 1. The van der Waals surface area contributed by atoms with Gasteiger partial charge in [0, 0.05) is 57.0 Å². The summed E-state index contributed by atoms with van der Waals surface area (Å²) in [7, 11) is 2.73. The lowest BCUT2D eigenvalue weighted by molar-refractivity contribution is -0.109. The zero-order valence-corrected chi connectivity index (χ0v) is 31.5. The molecular weight excluding hydrogens is 679 g/mol. The third-order valence-electron chi connectivity index (χ3n) is 9.17. The van der Waals surface area contributed by atoms with Crippen molar-refractivity contribution in [1.82, 2.24) is 15.5 Å². The van der Waals surface area contributed by atoms with Crippen LogP contribution in [-0.2, 0) is 16.0 Å². The second-order valence-corrected chi connectivity index (χ2v) is 13.0. The number of piperidine rings is 1. The van der Waals surface area contributed by atoms with Crippen LogP contribution in [0.1, 0.15) is 30.4 Å². The number of rotatable bonds is 16. The Morgan fingerprint density at radius 2 is 1.98 bits per heavy atom. The number of carbonyl (C=O) groups is 1. The van der Waals surface area contributed by atoms with Gasteiger partial charge in [0.25, 0.3) is 0 Å². The number of nitrogens with one attached hydrogen (secondary N) is 2. The van der Waals surface area contributed by atoms with Gasteiger partial charge >= 0.3 is 0 Å². The fourth-order valence-corrected chi connectivity index (χ4v) is 6.47. The summed E-state index contributed by atoms with van der Waals surface area (Å²) in [6, 6.07) is 11.6. The normalized spacial score (nSPS) is 17.0. The van der Waals surface area contributed by atoms with Crippen molar-refractivity contribution >= 4 is 42.8 Å². The number of halogens is 2. The SMILES string of the molecule is C=N/C(=C\C=C/Cc1ccc(Cl)cc1F)C1CCN(CCN(CCOC)c2ccc(C)cc2N=C)CC1.CO.O=CNCC1=CCC2NC=CC2=C1. The van der Waals surface area contributed by atoms with Crippen LogP contribution in [0.25, 0.3) is 0 Å². The maximum Gasteiger partial charge on any atom is 0.207 e. The Balaban J connectivity index is 0.000000402. The number of amides is 1. The minimum Gasteiger partial charge on any atom is -0.400 e. The number of aliphatic imine (C=N–C) groups is 2. The predicted molar refractivity (Wildman–Crippen MR) is 215 cm³/mol. The van der Waals surface area contributed by atoms with Crippen LogP contribution in [0.5, 0.6) is 0 Å². The molecule has 9 nitrogen and oxygen atoms in total. The van der Waals surface area contributed by atoms with Crippen molar-refractivity contribution in [3.63, 3.8) is 0 Å². The van der Waals surface area contributed by atoms with Crippen molar-refractivity contribution in [2.45, 2.75) is 38.6 Å². The lowest BCUT2D eigenvalue weighted by atomic mass is 9.93. The van der Waals surface area contributed by atoms with Gasteiger partial charge in [-0.1, -0.05) is 48.0 Å². The molecule has 1 unspecified atom stereocenters. The van der Waals surface area contributed by atoms with Gasteiger partial charge in [-0.3, -0.25) is 14.8 Å². The molecule has 1 saturated heterocycles. The van der Waals surface area contributed by atoms with Gasteiger partial charge in [0.1, 0.15) is 5.82 Å². The quantitative estimate of drug-likeness (QED) is 0.100. The van der Waals surface area contributed by atoms with Crippen molar-refractivity contribution in [2.24, 2.45) is 15.9 Å². The number of aliphatic hydroxyl groups excluding tert-OH is 1. The van der Waals surface area contributed by atoms with Crippen LogP contribution in [0.3, 0.4) is 0 Å². The fourth-order valence-electron chi connectivity index (χ4n) is 6.31. The summed E-state index contributed by atoms with van der Waals surface area (Å²) in [5, 5.41) is 13.3. The standard InChI is InChI=1S/C30H38ClFN4O.C10H12N2O.CH4O/c1-23-9-12-30(29(21-23)34-3)36(19-20-37-4)18-17-35-15-13-25(14-16-35)28(33-2)8-6-5-7-24-10-11-26(31)22-27(24)32;13-7-11-6-8-1-2-10-9(5-8)3-4-12-10;1-2/h5-6,8-12,21-22,25H,2-3,7,13-20H2,1,4H3;1,3-5,7,10,12H,2,6H2,(H,11,13);2H,1H3/b6-5-,28-8-;;. The topological polar surface area (TPSA) is 102 Å². The lowest BCUT2D eigenvalue weighted by Crippen LogP contribution is -2.41. The number of likely N-dealkylation sites (tertiary alicyclic amines) is 1. The highest BCUT2D eigenvalue weighted by atomic mass is 35.5. The monoisotopic (exact) mass is 732 g/mol. The largest absolute Gasteiger partial charge is 0.400 e. The van der Waals surface area contributed by atoms with E-state index in [4.69, 9.17) is 21.4 Å². The maximum atomic E-state index is 14.0. The first-order valence-electron chi connectivity index (χ1n) is 17.6. The van der Waals surface area contributed by atoms with E-state index in [0.717, 1.165) is 82.6 Å². The highest BCUT2D eigenvalue weighted by Gasteiger charge is 2.23. The van der Waals surface area contributed by atoms with E-state index in [1.54, 1.807) is 19.2 Å². The minimum atomic E-state index is -0.282. The molecule has 3 N–H and O–H groups in total. The molecule has 0 spiro atoms. The molecule has 0 bridgehead atoms. The van der Waals surface area contributed by atoms with Crippen molar-refractivity contribution in [1.29, 1.82) is 0 Å². The summed E-state index contributed by atoms with van der Waals surface area (Å²) in [4.78, 5) is 23.5. The number of nitrogens with zero attached hydrogens (tertiary/aromatic N) is 4. The Bertz CT molecular complexity index is 1610. The Labute approximate surface area is 314 Å². The molecular formula is C41H54ClFN6O3. The van der Waals surface area contributed by atoms with Crippen molar-refractivity contribution in [2.75, 3.05) is 65.0 Å². The van der Waals surface area contributed by atoms with E-state index in [1.165, 1.54) is 22.8 Å². The van der Waals surface area contributed by atoms with Gasteiger partial charge in [-0.25, -0.2) is 4.39 Å². The van der Waals surface area contributed by atoms with Gasteiger partial charge < -0.3 is 30.3 Å². The molecule has 3 aliphatic rings. The number of anilines is 1. The Hall–Kier alpha value is -4.35. The summed E-state index contributed by atoms with van der Waals surface area (Å²) in [6.07, 6.45) is 18.6. The van der Waals surface area contributed by atoms with Gasteiger partial charge in [-0.05, 0) is 124 Å². The van der Waals surface area contributed by atoms with Gasteiger partial charge in [0.05, 0.1) is 24.0 Å². The Morgan fingerprint density at radius 3 is 2.67 bits per heavy atom. The zero-order valence-electron chi connectivity index (χ0n) is 30.7. The first kappa shape index (κ1) is 42.1. The third-order valence-corrected chi connectivity index (χ3v) is 9.41. The second kappa shape index (κ2) is 23.3. The number of carbonyl (C=O) groups excluding carboxylic acids is 1. The number of hydrogen-bond donors (Lipinski definition) is 3. The third kappa shape index (κ3) is 13.3. The zero-order chi connectivity index (χ0) is 37.7. The Kier molecular flexibility index (Phi) is 18.8. The molecule has 11 heteroatoms. The molecule has 1 atom stereocenters. The van der Waals surface area contributed by atoms with Crippen LogP contribution >= 0.6 is 11.6 Å². The van der Waals surface area contributed by atoms with E-state index in [2.05, 4.69) is 87.2 Å². The fraction of sp³-hybridized carbons (Fsp3) is 0.390. The van der Waals surface area contributed by atoms with Crippen LogP contribution in [0, 0.1) is 18.7 Å². The second-order valence-electron chi connectivity index (χ2n) is 12.6. The van der Waals surface area contributed by atoms with Gasteiger partial charge in [0.2, 0.25) is 6.41 Å². The van der Waals surface area contributed by atoms with Crippen LogP contribution in [0.15, 0.2) is 106 Å². The maximum absolute atomic E-state index is 14.0. The van der Waals surface area contributed by atoms with Crippen LogP contribution < -0.4 is 15.5 Å². The van der Waals surface area contributed by atoms with E-state index in [1.807, 2.05) is 24.4 Å². The lowest BCUT2D eigenvalue weighted by Gasteiger charge is -2.34. The van der Waals surface area contributed by atoms with Crippen LogP contribution in [-0.4, -0.2) is 96.0 Å². The molecule has 2 aliphatic heterocycles. The molecule has 0 aromatic heterocycles. The highest BCUT2D eigenvalue weighted by Crippen LogP contribution is 2.30. The van der Waals surface area contributed by atoms with Crippen molar-refractivity contribution < 1.29 is 19.0 Å².